The number of carbonyl (C=O) groups excluding carboxylic acids is 2. The first kappa shape index (κ1) is 34.7. The molecule has 0 spiro atoms. The number of aromatic nitrogens is 5. The molecule has 4 atom stereocenters. The number of amides is 2. The molecule has 0 aliphatic heterocycles. The van der Waals surface area contributed by atoms with Crippen molar-refractivity contribution in [3.05, 3.63) is 131 Å². The summed E-state index contributed by atoms with van der Waals surface area (Å²) < 4.78 is 55.8. The lowest BCUT2D eigenvalue weighted by Gasteiger charge is -2.25. The van der Waals surface area contributed by atoms with Gasteiger partial charge in [-0.1, -0.05) is 24.3 Å². The van der Waals surface area contributed by atoms with Crippen LogP contribution in [0.1, 0.15) is 47.0 Å². The Kier molecular flexibility index (Phi) is 8.97. The average Bonchev–Trinajstić information content (AvgIpc) is 4.03. The van der Waals surface area contributed by atoms with Crippen LogP contribution in [0.2, 0.25) is 0 Å². The molecule has 7 rings (SSSR count). The van der Waals surface area contributed by atoms with Crippen LogP contribution >= 0.6 is 0 Å². The zero-order valence-corrected chi connectivity index (χ0v) is 28.9. The number of carbonyl (C=O) groups is 2. The maximum atomic E-state index is 14.7. The standard InChI is InChI=1S/C39H35F3N6O4/c1-22-33(18-43-24(3)46-22)51-20-38(26-7-5-9-28(40)13-26)15-31(38)36(49)48(35-12-11-30(42)17-45-35)37(50)32-16-39(32,27-8-6-10-29(41)14-27)21-52-34-19-44-25(4)47-23(34)2/h5-14,17-19,31-32H,15-16,20-21H2,1-4H3/t31-,32-,38+,39+/m0/s1. The zero-order chi connectivity index (χ0) is 36.8. The van der Waals surface area contributed by atoms with Gasteiger partial charge in [0.05, 0.1) is 55.0 Å². The van der Waals surface area contributed by atoms with E-state index < -0.39 is 51.9 Å². The summed E-state index contributed by atoms with van der Waals surface area (Å²) in [6.45, 7) is 6.97. The monoisotopic (exact) mass is 708 g/mol. The van der Waals surface area contributed by atoms with Crippen molar-refractivity contribution in [2.45, 2.75) is 51.4 Å². The predicted molar refractivity (Wildman–Crippen MR) is 183 cm³/mol. The molecule has 0 radical (unpaired) electrons. The lowest BCUT2D eigenvalue weighted by molar-refractivity contribution is -0.128. The molecule has 2 aromatic carbocycles. The molecule has 5 aromatic rings. The Hall–Kier alpha value is -5.72. The minimum Gasteiger partial charge on any atom is -0.489 e. The highest BCUT2D eigenvalue weighted by atomic mass is 19.1. The first-order valence-corrected chi connectivity index (χ1v) is 16.8. The Morgan fingerprint density at radius 3 is 1.56 bits per heavy atom. The molecule has 2 aliphatic rings. The molecule has 3 heterocycles. The average molecular weight is 709 g/mol. The second kappa shape index (κ2) is 13.4. The Morgan fingerprint density at radius 1 is 0.673 bits per heavy atom. The maximum Gasteiger partial charge on any atom is 0.239 e. The number of aryl methyl sites for hydroxylation is 4. The fraction of sp³-hybridized carbons (Fsp3) is 0.308. The van der Waals surface area contributed by atoms with E-state index in [1.807, 2.05) is 0 Å². The number of halogens is 3. The van der Waals surface area contributed by atoms with Gasteiger partial charge in [0, 0.05) is 10.8 Å². The van der Waals surface area contributed by atoms with Crippen molar-refractivity contribution in [2.75, 3.05) is 18.1 Å². The highest BCUT2D eigenvalue weighted by Gasteiger charge is 2.65. The quantitative estimate of drug-likeness (QED) is 0.147. The maximum absolute atomic E-state index is 14.7. The van der Waals surface area contributed by atoms with E-state index in [1.54, 1.807) is 64.4 Å². The van der Waals surface area contributed by atoms with Crippen molar-refractivity contribution < 1.29 is 32.2 Å². The second-order valence-corrected chi connectivity index (χ2v) is 13.5. The van der Waals surface area contributed by atoms with Gasteiger partial charge < -0.3 is 9.47 Å². The van der Waals surface area contributed by atoms with Gasteiger partial charge in [-0.05, 0) is 88.1 Å². The van der Waals surface area contributed by atoms with Crippen molar-refractivity contribution in [1.29, 1.82) is 0 Å². The molecule has 2 aliphatic carbocycles. The van der Waals surface area contributed by atoms with Crippen molar-refractivity contribution in [1.82, 2.24) is 24.9 Å². The van der Waals surface area contributed by atoms with E-state index in [1.165, 1.54) is 30.3 Å². The van der Waals surface area contributed by atoms with Gasteiger partial charge in [0.1, 0.15) is 34.9 Å². The van der Waals surface area contributed by atoms with Crippen LogP contribution < -0.4 is 14.4 Å². The Labute approximate surface area is 298 Å². The molecule has 10 nitrogen and oxygen atoms in total. The summed E-state index contributed by atoms with van der Waals surface area (Å²) in [4.78, 5) is 51.7. The molecular weight excluding hydrogens is 673 g/mol. The Bertz CT molecular complexity index is 2060. The van der Waals surface area contributed by atoms with Gasteiger partial charge in [0.2, 0.25) is 11.8 Å². The molecule has 13 heteroatoms. The Balaban J connectivity index is 1.23. The van der Waals surface area contributed by atoms with Gasteiger partial charge in [-0.25, -0.2) is 43.0 Å². The van der Waals surface area contributed by atoms with E-state index in [0.29, 0.717) is 45.7 Å². The van der Waals surface area contributed by atoms with Crippen LogP contribution in [0, 0.1) is 57.0 Å². The second-order valence-electron chi connectivity index (χ2n) is 13.5. The third-order valence-corrected chi connectivity index (χ3v) is 10.0. The lowest BCUT2D eigenvalue weighted by atomic mass is 9.92. The third kappa shape index (κ3) is 6.58. The van der Waals surface area contributed by atoms with Crippen molar-refractivity contribution in [3.63, 3.8) is 0 Å². The molecule has 0 N–H and O–H groups in total. The van der Waals surface area contributed by atoms with Crippen LogP contribution in [0.5, 0.6) is 11.5 Å². The fourth-order valence-corrected chi connectivity index (χ4v) is 6.97. The fourth-order valence-electron chi connectivity index (χ4n) is 6.97. The smallest absolute Gasteiger partial charge is 0.239 e. The number of nitrogens with zero attached hydrogens (tertiary/aromatic N) is 6. The molecule has 0 bridgehead atoms. The first-order valence-electron chi connectivity index (χ1n) is 16.8. The third-order valence-electron chi connectivity index (χ3n) is 10.0. The summed E-state index contributed by atoms with van der Waals surface area (Å²) >= 11 is 0. The number of pyridine rings is 1. The number of ether oxygens (including phenoxy) is 2. The number of hydrogen-bond donors (Lipinski definition) is 0. The van der Waals surface area contributed by atoms with Gasteiger partial charge in [-0.3, -0.25) is 9.59 Å². The van der Waals surface area contributed by atoms with Crippen molar-refractivity contribution in [3.8, 4) is 11.5 Å². The first-order chi connectivity index (χ1) is 24.9. The number of benzene rings is 2. The zero-order valence-electron chi connectivity index (χ0n) is 28.9. The summed E-state index contributed by atoms with van der Waals surface area (Å²) in [5, 5.41) is 0. The van der Waals surface area contributed by atoms with Crippen LogP contribution in [0.3, 0.4) is 0 Å². The lowest BCUT2D eigenvalue weighted by Crippen LogP contribution is -2.43. The number of imide groups is 1. The van der Waals surface area contributed by atoms with Crippen LogP contribution in [0.15, 0.2) is 79.3 Å². The van der Waals surface area contributed by atoms with Gasteiger partial charge in [-0.2, -0.15) is 0 Å². The molecular formula is C39H35F3N6O4. The molecule has 2 saturated carbocycles. The Morgan fingerprint density at radius 2 is 1.15 bits per heavy atom. The summed E-state index contributed by atoms with van der Waals surface area (Å²) in [5.74, 6) is -2.71. The van der Waals surface area contributed by atoms with Crippen LogP contribution in [-0.2, 0) is 20.4 Å². The van der Waals surface area contributed by atoms with Gasteiger partial charge >= 0.3 is 0 Å². The van der Waals surface area contributed by atoms with Crippen LogP contribution in [-0.4, -0.2) is 49.9 Å². The molecule has 52 heavy (non-hydrogen) atoms. The van der Waals surface area contributed by atoms with Crippen molar-refractivity contribution in [2.24, 2.45) is 11.8 Å². The topological polar surface area (TPSA) is 120 Å². The van der Waals surface area contributed by atoms with E-state index in [-0.39, 0.29) is 31.9 Å². The SMILES string of the molecule is Cc1ncc(OC[C@@]2(c3cccc(F)c3)C[C@H]2C(=O)N(C(=O)[C@@H]2C[C@@]2(COc2cnc(C)nc2C)c2cccc(F)c2)c2ccc(F)cn2)c(C)n1. The van der Waals surface area contributed by atoms with E-state index in [0.717, 1.165) is 17.2 Å². The minimum absolute atomic E-state index is 0.0402. The number of rotatable bonds is 11. The molecule has 0 saturated heterocycles. The molecule has 3 aromatic heterocycles. The summed E-state index contributed by atoms with van der Waals surface area (Å²) in [6.07, 6.45) is 4.46. The summed E-state index contributed by atoms with van der Waals surface area (Å²) in [7, 11) is 0. The molecule has 0 unspecified atom stereocenters. The normalized spacial score (nSPS) is 21.7. The van der Waals surface area contributed by atoms with E-state index in [9.17, 15) is 22.8 Å². The molecule has 2 amide bonds. The highest BCUT2D eigenvalue weighted by molar-refractivity contribution is 6.18. The summed E-state index contributed by atoms with van der Waals surface area (Å²) in [6, 6.07) is 14.2. The van der Waals surface area contributed by atoms with E-state index >= 15 is 0 Å². The van der Waals surface area contributed by atoms with Gasteiger partial charge in [0.15, 0.2) is 11.5 Å². The molecule has 266 valence electrons. The minimum atomic E-state index is -1.02. The highest BCUT2D eigenvalue weighted by Crippen LogP contribution is 2.58. The largest absolute Gasteiger partial charge is 0.489 e. The van der Waals surface area contributed by atoms with E-state index in [2.05, 4.69) is 24.9 Å². The predicted octanol–water partition coefficient (Wildman–Crippen LogP) is 6.25. The van der Waals surface area contributed by atoms with Gasteiger partial charge in [-0.15, -0.1) is 0 Å². The number of hydrogen-bond acceptors (Lipinski definition) is 9. The molecule has 2 fully saturated rings. The summed E-state index contributed by atoms with van der Waals surface area (Å²) in [5.41, 5.74) is 0.167. The van der Waals surface area contributed by atoms with Crippen LogP contribution in [0.25, 0.3) is 0 Å². The van der Waals surface area contributed by atoms with Crippen molar-refractivity contribution >= 4 is 17.6 Å². The van der Waals surface area contributed by atoms with Crippen LogP contribution in [0.4, 0.5) is 19.0 Å². The van der Waals surface area contributed by atoms with E-state index in [4.69, 9.17) is 9.47 Å². The number of anilines is 1. The van der Waals surface area contributed by atoms with Gasteiger partial charge in [0.25, 0.3) is 0 Å².